The number of ether oxygens (including phenoxy) is 1. The fourth-order valence-electron chi connectivity index (χ4n) is 1.99. The highest BCUT2D eigenvalue weighted by Crippen LogP contribution is 2.35. The van der Waals surface area contributed by atoms with Gasteiger partial charge in [-0.3, -0.25) is 9.59 Å². The van der Waals surface area contributed by atoms with Crippen molar-refractivity contribution in [2.75, 3.05) is 6.61 Å². The van der Waals surface area contributed by atoms with Crippen LogP contribution in [0, 0.1) is 17.8 Å². The van der Waals surface area contributed by atoms with E-state index in [-0.39, 0.29) is 11.9 Å². The lowest BCUT2D eigenvalue weighted by Gasteiger charge is -2.22. The summed E-state index contributed by atoms with van der Waals surface area (Å²) < 4.78 is 4.83. The maximum atomic E-state index is 11.2. The summed E-state index contributed by atoms with van der Waals surface area (Å²) in [5.41, 5.74) is 0. The molecule has 0 bridgehead atoms. The summed E-state index contributed by atoms with van der Waals surface area (Å²) >= 11 is 0. The number of cyclic esters (lactones) is 1. The number of hydrogen-bond acceptors (Lipinski definition) is 3. The zero-order valence-electron chi connectivity index (χ0n) is 6.97. The Morgan fingerprint density at radius 2 is 2.38 bits per heavy atom. The van der Waals surface area contributed by atoms with Crippen molar-refractivity contribution >= 4 is 11.9 Å². The number of esters is 1. The molecule has 0 radical (unpaired) electrons. The highest BCUT2D eigenvalue weighted by atomic mass is 16.5. The fourth-order valence-corrected chi connectivity index (χ4v) is 1.99. The molecule has 0 aromatic heterocycles. The van der Waals surface area contributed by atoms with Gasteiger partial charge in [0.05, 0.1) is 18.4 Å². The molecular formula is C9H10O4. The third kappa shape index (κ3) is 1.22. The summed E-state index contributed by atoms with van der Waals surface area (Å²) in [5.74, 6) is -2.34. The molecule has 1 aliphatic carbocycles. The molecule has 4 nitrogen and oxygen atoms in total. The molecule has 0 saturated carbocycles. The minimum atomic E-state index is -0.904. The molecule has 1 heterocycles. The normalized spacial score (nSPS) is 36.9. The zero-order chi connectivity index (χ0) is 9.42. The molecule has 4 heteroatoms. The molecular weight excluding hydrogens is 172 g/mol. The maximum absolute atomic E-state index is 11.2. The zero-order valence-corrected chi connectivity index (χ0v) is 6.97. The number of rotatable bonds is 1. The second-order valence-electron chi connectivity index (χ2n) is 3.43. The third-order valence-corrected chi connectivity index (χ3v) is 2.68. The Morgan fingerprint density at radius 1 is 1.62 bits per heavy atom. The van der Waals surface area contributed by atoms with E-state index >= 15 is 0 Å². The molecule has 1 fully saturated rings. The first-order chi connectivity index (χ1) is 6.20. The van der Waals surface area contributed by atoms with Gasteiger partial charge in [0, 0.05) is 5.92 Å². The summed E-state index contributed by atoms with van der Waals surface area (Å²) in [6.45, 7) is 0.337. The largest absolute Gasteiger partial charge is 0.481 e. The van der Waals surface area contributed by atoms with E-state index in [1.807, 2.05) is 12.2 Å². The third-order valence-electron chi connectivity index (χ3n) is 2.68. The van der Waals surface area contributed by atoms with Crippen LogP contribution in [0.1, 0.15) is 6.42 Å². The van der Waals surface area contributed by atoms with Gasteiger partial charge in [0.25, 0.3) is 0 Å². The lowest BCUT2D eigenvalue weighted by molar-refractivity contribution is -0.151. The first-order valence-corrected chi connectivity index (χ1v) is 4.26. The van der Waals surface area contributed by atoms with Crippen LogP contribution in [-0.2, 0) is 14.3 Å². The van der Waals surface area contributed by atoms with Crippen molar-refractivity contribution in [1.29, 1.82) is 0 Å². The Morgan fingerprint density at radius 3 is 3.08 bits per heavy atom. The molecule has 0 unspecified atom stereocenters. The predicted octanol–water partition coefficient (Wildman–Crippen LogP) is 0.436. The lowest BCUT2D eigenvalue weighted by Crippen LogP contribution is -2.32. The van der Waals surface area contributed by atoms with E-state index < -0.39 is 17.8 Å². The monoisotopic (exact) mass is 182 g/mol. The van der Waals surface area contributed by atoms with E-state index in [9.17, 15) is 9.59 Å². The van der Waals surface area contributed by atoms with Crippen LogP contribution in [0.3, 0.4) is 0 Å². The standard InChI is InChI=1S/C9H10O4/c10-8(11)6-3-1-2-5-4-13-9(12)7(5)6/h1-2,5-7H,3-4H2,(H,10,11)/t5-,6-,7+/m1/s1. The SMILES string of the molecule is O=C1OC[C@H]2C=CC[C@@H](C(=O)O)[C@@H]12. The second kappa shape index (κ2) is 2.87. The minimum absolute atomic E-state index is 0.0256. The van der Waals surface area contributed by atoms with Crippen LogP contribution in [0.4, 0.5) is 0 Å². The molecule has 3 atom stereocenters. The summed E-state index contributed by atoms with van der Waals surface area (Å²) in [6.07, 6.45) is 4.14. The predicted molar refractivity (Wildman–Crippen MR) is 42.8 cm³/mol. The van der Waals surface area contributed by atoms with Gasteiger partial charge in [0.15, 0.2) is 0 Å². The van der Waals surface area contributed by atoms with Gasteiger partial charge in [-0.25, -0.2) is 0 Å². The summed E-state index contributed by atoms with van der Waals surface area (Å²) in [4.78, 5) is 22.0. The van der Waals surface area contributed by atoms with Crippen LogP contribution in [0.2, 0.25) is 0 Å². The quantitative estimate of drug-likeness (QED) is 0.472. The first kappa shape index (κ1) is 8.29. The fraction of sp³-hybridized carbons (Fsp3) is 0.556. The average Bonchev–Trinajstić information content (AvgIpc) is 2.48. The van der Waals surface area contributed by atoms with Crippen molar-refractivity contribution in [2.24, 2.45) is 17.8 Å². The maximum Gasteiger partial charge on any atom is 0.310 e. The summed E-state index contributed by atoms with van der Waals surface area (Å²) in [6, 6.07) is 0. The Balaban J connectivity index is 2.27. The smallest absolute Gasteiger partial charge is 0.310 e. The number of aliphatic carboxylic acids is 1. The molecule has 1 N–H and O–H groups in total. The van der Waals surface area contributed by atoms with E-state index in [2.05, 4.69) is 0 Å². The number of carboxylic acid groups (broad SMARTS) is 1. The van der Waals surface area contributed by atoms with Gasteiger partial charge in [-0.15, -0.1) is 0 Å². The van der Waals surface area contributed by atoms with Crippen LogP contribution in [0.15, 0.2) is 12.2 Å². The van der Waals surface area contributed by atoms with E-state index in [0.29, 0.717) is 13.0 Å². The van der Waals surface area contributed by atoms with Gasteiger partial charge in [0.1, 0.15) is 0 Å². The number of fused-ring (bicyclic) bond motifs is 1. The van der Waals surface area contributed by atoms with E-state index in [1.54, 1.807) is 0 Å². The van der Waals surface area contributed by atoms with Crippen molar-refractivity contribution < 1.29 is 19.4 Å². The molecule has 1 saturated heterocycles. The van der Waals surface area contributed by atoms with Gasteiger partial charge in [-0.1, -0.05) is 12.2 Å². The van der Waals surface area contributed by atoms with Gasteiger partial charge in [-0.2, -0.15) is 0 Å². The Hall–Kier alpha value is -1.32. The molecule has 13 heavy (non-hydrogen) atoms. The number of carbonyl (C=O) groups excluding carboxylic acids is 1. The second-order valence-corrected chi connectivity index (χ2v) is 3.43. The molecule has 0 spiro atoms. The van der Waals surface area contributed by atoms with Crippen LogP contribution in [0.5, 0.6) is 0 Å². The van der Waals surface area contributed by atoms with Crippen molar-refractivity contribution in [3.05, 3.63) is 12.2 Å². The molecule has 0 aromatic carbocycles. The molecule has 2 aliphatic rings. The number of carboxylic acids is 1. The van der Waals surface area contributed by atoms with Crippen molar-refractivity contribution in [1.82, 2.24) is 0 Å². The topological polar surface area (TPSA) is 63.6 Å². The van der Waals surface area contributed by atoms with Gasteiger partial charge < -0.3 is 9.84 Å². The summed E-state index contributed by atoms with van der Waals surface area (Å²) in [5, 5.41) is 8.86. The summed E-state index contributed by atoms with van der Waals surface area (Å²) in [7, 11) is 0. The van der Waals surface area contributed by atoms with E-state index in [1.165, 1.54) is 0 Å². The number of allylic oxidation sites excluding steroid dienone is 1. The highest BCUT2D eigenvalue weighted by molar-refractivity contribution is 5.83. The molecule has 70 valence electrons. The van der Waals surface area contributed by atoms with Gasteiger partial charge in [0.2, 0.25) is 0 Å². The Labute approximate surface area is 75.2 Å². The van der Waals surface area contributed by atoms with Crippen molar-refractivity contribution in [2.45, 2.75) is 6.42 Å². The van der Waals surface area contributed by atoms with Crippen LogP contribution in [0.25, 0.3) is 0 Å². The van der Waals surface area contributed by atoms with E-state index in [4.69, 9.17) is 9.84 Å². The lowest BCUT2D eigenvalue weighted by atomic mass is 9.77. The van der Waals surface area contributed by atoms with Crippen LogP contribution in [-0.4, -0.2) is 23.7 Å². The molecule has 0 amide bonds. The molecule has 1 aliphatic heterocycles. The highest BCUT2D eigenvalue weighted by Gasteiger charge is 2.45. The van der Waals surface area contributed by atoms with E-state index in [0.717, 1.165) is 0 Å². The Bertz CT molecular complexity index is 281. The van der Waals surface area contributed by atoms with Crippen LogP contribution >= 0.6 is 0 Å². The average molecular weight is 182 g/mol. The molecule has 0 aromatic rings. The van der Waals surface area contributed by atoms with Crippen molar-refractivity contribution in [3.8, 4) is 0 Å². The molecule has 2 rings (SSSR count). The van der Waals surface area contributed by atoms with Gasteiger partial charge >= 0.3 is 11.9 Å². The minimum Gasteiger partial charge on any atom is -0.481 e. The van der Waals surface area contributed by atoms with Gasteiger partial charge in [-0.05, 0) is 6.42 Å². The number of carbonyl (C=O) groups is 2. The van der Waals surface area contributed by atoms with Crippen LogP contribution < -0.4 is 0 Å². The van der Waals surface area contributed by atoms with Crippen molar-refractivity contribution in [3.63, 3.8) is 0 Å². The number of hydrogen-bond donors (Lipinski definition) is 1. The Kier molecular flexibility index (Phi) is 1.83. The first-order valence-electron chi connectivity index (χ1n) is 4.26.